The lowest BCUT2D eigenvalue weighted by atomic mass is 10.3. The Morgan fingerprint density at radius 2 is 2.00 bits per heavy atom. The third-order valence-corrected chi connectivity index (χ3v) is 5.06. The molecule has 1 N–H and O–H groups in total. The number of nitrogens with zero attached hydrogens (tertiary/aromatic N) is 2. The molecule has 0 aliphatic rings. The summed E-state index contributed by atoms with van der Waals surface area (Å²) in [6.45, 7) is 0.199. The summed E-state index contributed by atoms with van der Waals surface area (Å²) in [4.78, 5) is 4.23. The van der Waals surface area contributed by atoms with Gasteiger partial charge in [-0.1, -0.05) is 0 Å². The van der Waals surface area contributed by atoms with Crippen molar-refractivity contribution in [2.24, 2.45) is 0 Å². The maximum absolute atomic E-state index is 11.9. The molecule has 92 valence electrons. The number of rotatable bonds is 4. The van der Waals surface area contributed by atoms with Crippen molar-refractivity contribution in [1.82, 2.24) is 9.71 Å². The predicted molar refractivity (Wildman–Crippen MR) is 67.3 cm³/mol. The van der Waals surface area contributed by atoms with Crippen molar-refractivity contribution in [3.63, 3.8) is 0 Å². The van der Waals surface area contributed by atoms with Crippen molar-refractivity contribution in [3.8, 4) is 6.07 Å². The average Bonchev–Trinajstić information content (AvgIpc) is 2.87. The van der Waals surface area contributed by atoms with E-state index < -0.39 is 10.0 Å². The van der Waals surface area contributed by atoms with Crippen LogP contribution in [0.5, 0.6) is 0 Å². The van der Waals surface area contributed by atoms with Gasteiger partial charge in [-0.15, -0.1) is 11.3 Å². The van der Waals surface area contributed by atoms with Crippen LogP contribution in [0, 0.1) is 11.3 Å². The number of aromatic nitrogens is 1. The van der Waals surface area contributed by atoms with Gasteiger partial charge in [0.05, 0.1) is 0 Å². The van der Waals surface area contributed by atoms with Gasteiger partial charge in [0.1, 0.15) is 15.2 Å². The summed E-state index contributed by atoms with van der Waals surface area (Å²) in [5.41, 5.74) is 0.825. The number of nitriles is 1. The highest BCUT2D eigenvalue weighted by Crippen LogP contribution is 2.20. The molecular weight excluding hydrogens is 270 g/mol. The standard InChI is InChI=1S/C11H9N3O2S2/c12-7-10-1-2-11(17-10)18(15,16)14-8-9-3-5-13-6-4-9/h1-6,14H,8H2. The molecule has 0 amide bonds. The van der Waals surface area contributed by atoms with Crippen LogP contribution >= 0.6 is 11.3 Å². The van der Waals surface area contributed by atoms with E-state index in [0.717, 1.165) is 16.9 Å². The lowest BCUT2D eigenvalue weighted by Crippen LogP contribution is -2.22. The fraction of sp³-hybridized carbons (Fsp3) is 0.0909. The minimum Gasteiger partial charge on any atom is -0.265 e. The zero-order chi connectivity index (χ0) is 13.0. The first-order chi connectivity index (χ1) is 8.62. The van der Waals surface area contributed by atoms with Crippen LogP contribution in [0.15, 0.2) is 40.9 Å². The number of nitrogens with one attached hydrogen (secondary N) is 1. The molecule has 0 aromatic carbocycles. The summed E-state index contributed by atoms with van der Waals surface area (Å²) in [6.07, 6.45) is 3.20. The van der Waals surface area contributed by atoms with E-state index in [2.05, 4.69) is 9.71 Å². The Morgan fingerprint density at radius 3 is 2.61 bits per heavy atom. The molecule has 0 spiro atoms. The first-order valence-corrected chi connectivity index (χ1v) is 7.30. The second-order valence-corrected chi connectivity index (χ2v) is 6.49. The van der Waals surface area contributed by atoms with Crippen LogP contribution < -0.4 is 4.72 Å². The van der Waals surface area contributed by atoms with Crippen molar-refractivity contribution in [3.05, 3.63) is 47.1 Å². The van der Waals surface area contributed by atoms with Gasteiger partial charge in [0, 0.05) is 18.9 Å². The van der Waals surface area contributed by atoms with E-state index in [-0.39, 0.29) is 10.8 Å². The van der Waals surface area contributed by atoms with Gasteiger partial charge in [-0.25, -0.2) is 13.1 Å². The van der Waals surface area contributed by atoms with Gasteiger partial charge in [-0.2, -0.15) is 5.26 Å². The molecule has 7 heteroatoms. The molecule has 2 aromatic heterocycles. The van der Waals surface area contributed by atoms with E-state index in [1.54, 1.807) is 24.5 Å². The number of hydrogen-bond donors (Lipinski definition) is 1. The van der Waals surface area contributed by atoms with Crippen LogP contribution in [-0.2, 0) is 16.6 Å². The minimum atomic E-state index is -3.55. The average molecular weight is 279 g/mol. The van der Waals surface area contributed by atoms with Crippen LogP contribution in [0.2, 0.25) is 0 Å². The summed E-state index contributed by atoms with van der Waals surface area (Å²) in [6, 6.07) is 8.30. The van der Waals surface area contributed by atoms with Gasteiger partial charge >= 0.3 is 0 Å². The van der Waals surface area contributed by atoms with Crippen molar-refractivity contribution >= 4 is 21.4 Å². The van der Waals surface area contributed by atoms with E-state index >= 15 is 0 Å². The Labute approximate surface area is 109 Å². The molecule has 0 aliphatic carbocycles. The second-order valence-electron chi connectivity index (χ2n) is 3.41. The van der Waals surface area contributed by atoms with E-state index in [9.17, 15) is 8.42 Å². The van der Waals surface area contributed by atoms with Crippen LogP contribution in [0.1, 0.15) is 10.4 Å². The number of sulfonamides is 1. The highest BCUT2D eigenvalue weighted by Gasteiger charge is 2.16. The maximum Gasteiger partial charge on any atom is 0.250 e. The molecule has 18 heavy (non-hydrogen) atoms. The molecule has 0 atom stereocenters. The third-order valence-electron chi connectivity index (χ3n) is 2.17. The highest BCUT2D eigenvalue weighted by atomic mass is 32.2. The van der Waals surface area contributed by atoms with Crippen molar-refractivity contribution < 1.29 is 8.42 Å². The second kappa shape index (κ2) is 5.27. The van der Waals surface area contributed by atoms with Crippen molar-refractivity contribution in [2.75, 3.05) is 0 Å². The SMILES string of the molecule is N#Cc1ccc(S(=O)(=O)NCc2ccncc2)s1. The molecular formula is C11H9N3O2S2. The summed E-state index contributed by atoms with van der Waals surface area (Å²) in [5, 5.41) is 8.66. The molecule has 0 bridgehead atoms. The number of pyridine rings is 1. The minimum absolute atomic E-state index is 0.146. The molecule has 0 aliphatic heterocycles. The Kier molecular flexibility index (Phi) is 3.72. The molecule has 2 aromatic rings. The van der Waals surface area contributed by atoms with Gasteiger partial charge in [-0.3, -0.25) is 4.98 Å². The smallest absolute Gasteiger partial charge is 0.250 e. The van der Waals surface area contributed by atoms with Crippen LogP contribution in [0.3, 0.4) is 0 Å². The van der Waals surface area contributed by atoms with Crippen molar-refractivity contribution in [2.45, 2.75) is 10.8 Å². The highest BCUT2D eigenvalue weighted by molar-refractivity contribution is 7.91. The Balaban J connectivity index is 2.11. The molecule has 0 fully saturated rings. The van der Waals surface area contributed by atoms with Crippen molar-refractivity contribution in [1.29, 1.82) is 5.26 Å². The molecule has 5 nitrogen and oxygen atoms in total. The van der Waals surface area contributed by atoms with E-state index in [1.807, 2.05) is 6.07 Å². The van der Waals surface area contributed by atoms with Gasteiger partial charge in [0.2, 0.25) is 10.0 Å². The van der Waals surface area contributed by atoms with Gasteiger partial charge in [0.15, 0.2) is 0 Å². The fourth-order valence-corrected chi connectivity index (χ4v) is 3.44. The molecule has 0 saturated carbocycles. The van der Waals surface area contributed by atoms with Gasteiger partial charge in [-0.05, 0) is 29.8 Å². The van der Waals surface area contributed by atoms with E-state index in [0.29, 0.717) is 4.88 Å². The van der Waals surface area contributed by atoms with Gasteiger partial charge in [0.25, 0.3) is 0 Å². The fourth-order valence-electron chi connectivity index (χ4n) is 1.27. The lowest BCUT2D eigenvalue weighted by molar-refractivity contribution is 0.583. The Bertz CT molecular complexity index is 672. The molecule has 2 heterocycles. The normalized spacial score (nSPS) is 11.1. The van der Waals surface area contributed by atoms with Crippen LogP contribution in [-0.4, -0.2) is 13.4 Å². The summed E-state index contributed by atoms with van der Waals surface area (Å²) in [7, 11) is -3.55. The largest absolute Gasteiger partial charge is 0.265 e. The number of hydrogen-bond acceptors (Lipinski definition) is 5. The molecule has 0 unspecified atom stereocenters. The predicted octanol–water partition coefficient (Wildman–Crippen LogP) is 1.49. The maximum atomic E-state index is 11.9. The zero-order valence-corrected chi connectivity index (χ0v) is 10.8. The lowest BCUT2D eigenvalue weighted by Gasteiger charge is -2.04. The first-order valence-electron chi connectivity index (χ1n) is 5.00. The molecule has 2 rings (SSSR count). The third kappa shape index (κ3) is 2.92. The van der Waals surface area contributed by atoms with Gasteiger partial charge < -0.3 is 0 Å². The topological polar surface area (TPSA) is 82.8 Å². The summed E-state index contributed by atoms with van der Waals surface area (Å²) >= 11 is 0.951. The summed E-state index contributed by atoms with van der Waals surface area (Å²) < 4.78 is 26.4. The van der Waals surface area contributed by atoms with Crippen LogP contribution in [0.4, 0.5) is 0 Å². The first kappa shape index (κ1) is 12.7. The summed E-state index contributed by atoms with van der Waals surface area (Å²) in [5.74, 6) is 0. The monoisotopic (exact) mass is 279 g/mol. The zero-order valence-electron chi connectivity index (χ0n) is 9.20. The van der Waals surface area contributed by atoms with Crippen LogP contribution in [0.25, 0.3) is 0 Å². The molecule has 0 saturated heterocycles. The van der Waals surface area contributed by atoms with E-state index in [1.165, 1.54) is 12.1 Å². The Hall–Kier alpha value is -1.75. The Morgan fingerprint density at radius 1 is 1.28 bits per heavy atom. The molecule has 0 radical (unpaired) electrons. The number of thiophene rings is 1. The van der Waals surface area contributed by atoms with E-state index in [4.69, 9.17) is 5.26 Å². The quantitative estimate of drug-likeness (QED) is 0.919.